The van der Waals surface area contributed by atoms with E-state index in [1.54, 1.807) is 35.9 Å². The van der Waals surface area contributed by atoms with Crippen LogP contribution in [0.2, 0.25) is 5.02 Å². The predicted octanol–water partition coefficient (Wildman–Crippen LogP) is 5.40. The lowest BCUT2D eigenvalue weighted by Gasteiger charge is -2.11. The van der Waals surface area contributed by atoms with Crippen molar-refractivity contribution in [2.24, 2.45) is 5.73 Å². The van der Waals surface area contributed by atoms with Crippen LogP contribution in [0, 0.1) is 12.7 Å². The molecule has 0 amide bonds. The van der Waals surface area contributed by atoms with Crippen molar-refractivity contribution in [2.45, 2.75) is 26.1 Å². The van der Waals surface area contributed by atoms with E-state index in [-0.39, 0.29) is 11.1 Å². The van der Waals surface area contributed by atoms with Crippen molar-refractivity contribution in [3.8, 4) is 5.69 Å². The van der Waals surface area contributed by atoms with Crippen LogP contribution in [0.4, 0.5) is 17.6 Å². The molecule has 0 aliphatic rings. The number of hydrogen-bond donors (Lipinski definition) is 2. The van der Waals surface area contributed by atoms with Crippen molar-refractivity contribution in [1.82, 2.24) is 9.78 Å². The Morgan fingerprint density at radius 3 is 2.27 bits per heavy atom. The Bertz CT molecular complexity index is 1030. The monoisotopic (exact) mass is 443 g/mol. The molecule has 3 N–H and O–H groups in total. The van der Waals surface area contributed by atoms with Crippen molar-refractivity contribution in [1.29, 1.82) is 0 Å². The average Bonchev–Trinajstić information content (AvgIpc) is 3.04. The minimum atomic E-state index is -4.67. The highest BCUT2D eigenvalue weighted by atomic mass is 35.5. The zero-order valence-corrected chi connectivity index (χ0v) is 16.7. The molecule has 3 aromatic rings. The van der Waals surface area contributed by atoms with Crippen LogP contribution >= 0.6 is 11.6 Å². The molecule has 0 fully saturated rings. The average molecular weight is 444 g/mol. The highest BCUT2D eigenvalue weighted by molar-refractivity contribution is 6.30. The van der Waals surface area contributed by atoms with E-state index in [0.29, 0.717) is 10.7 Å². The second kappa shape index (κ2) is 9.27. The number of aromatic carboxylic acids is 1. The molecule has 160 valence electrons. The number of hydrogen-bond acceptors (Lipinski definition) is 3. The molecule has 0 unspecified atom stereocenters. The quantitative estimate of drug-likeness (QED) is 0.531. The maximum absolute atomic E-state index is 12.8. The van der Waals surface area contributed by atoms with Crippen molar-refractivity contribution in [3.05, 3.63) is 81.9 Å². The summed E-state index contributed by atoms with van der Waals surface area (Å²) in [6.07, 6.45) is -3.33. The topological polar surface area (TPSA) is 81.1 Å². The van der Waals surface area contributed by atoms with Gasteiger partial charge in [-0.2, -0.15) is 18.3 Å². The van der Waals surface area contributed by atoms with E-state index in [1.165, 1.54) is 19.2 Å². The van der Waals surface area contributed by atoms with Gasteiger partial charge in [0, 0.05) is 11.1 Å². The molecule has 1 aromatic heterocycles. The second-order valence-electron chi connectivity index (χ2n) is 6.36. The number of nitrogens with two attached hydrogens (primary N) is 1. The van der Waals surface area contributed by atoms with E-state index < -0.39 is 29.6 Å². The lowest BCUT2D eigenvalue weighted by atomic mass is 10.1. The number of carboxylic acids is 1. The third-order valence-corrected chi connectivity index (χ3v) is 4.38. The van der Waals surface area contributed by atoms with Crippen molar-refractivity contribution >= 4 is 17.6 Å². The van der Waals surface area contributed by atoms with Gasteiger partial charge in [0.05, 0.1) is 23.1 Å². The number of nitrogens with zero attached hydrogens (tertiary/aromatic N) is 2. The largest absolute Gasteiger partial charge is 0.478 e. The Kier molecular flexibility index (Phi) is 7.22. The minimum Gasteiger partial charge on any atom is -0.478 e. The summed E-state index contributed by atoms with van der Waals surface area (Å²) in [5, 5.41) is 13.6. The van der Waals surface area contributed by atoms with Crippen LogP contribution in [-0.4, -0.2) is 20.9 Å². The number of alkyl halides is 3. The zero-order valence-electron chi connectivity index (χ0n) is 15.9. The van der Waals surface area contributed by atoms with E-state index in [2.05, 4.69) is 5.10 Å². The standard InChI is InChI=1S/C11H9ClN2O2.C9H9F4N/c1-7-10(11(15)16)6-13-14(7)9-4-2-8(12)3-5-9;1-5(14)6-2-3-8(10)7(4-6)9(11,12)13/h2-6H,1H3,(H,15,16);2-5H,14H2,1H3/t;5-/m.0/s1. The molecule has 1 heterocycles. The van der Waals surface area contributed by atoms with Gasteiger partial charge >= 0.3 is 12.1 Å². The highest BCUT2D eigenvalue weighted by Gasteiger charge is 2.34. The number of carbonyl (C=O) groups is 1. The number of aromatic nitrogens is 2. The van der Waals surface area contributed by atoms with E-state index in [0.717, 1.165) is 17.8 Å². The molecule has 0 spiro atoms. The SMILES string of the molecule is C[C@H](N)c1ccc(F)c(C(F)(F)F)c1.Cc1c(C(=O)O)cnn1-c1ccc(Cl)cc1. The molecule has 10 heteroatoms. The van der Waals surface area contributed by atoms with Crippen molar-refractivity contribution in [2.75, 3.05) is 0 Å². The molecular weight excluding hydrogens is 426 g/mol. The molecule has 2 aromatic carbocycles. The Balaban J connectivity index is 0.000000216. The fraction of sp³-hybridized carbons (Fsp3) is 0.200. The second-order valence-corrected chi connectivity index (χ2v) is 6.80. The highest BCUT2D eigenvalue weighted by Crippen LogP contribution is 2.32. The number of benzene rings is 2. The van der Waals surface area contributed by atoms with Crippen LogP contribution in [0.1, 0.15) is 40.1 Å². The van der Waals surface area contributed by atoms with Gasteiger partial charge in [0.15, 0.2) is 0 Å². The smallest absolute Gasteiger partial charge is 0.419 e. The van der Waals surface area contributed by atoms with Gasteiger partial charge in [-0.1, -0.05) is 17.7 Å². The number of carboxylic acid groups (broad SMARTS) is 1. The van der Waals surface area contributed by atoms with Gasteiger partial charge in [-0.3, -0.25) is 0 Å². The van der Waals surface area contributed by atoms with Crippen LogP contribution in [-0.2, 0) is 6.18 Å². The lowest BCUT2D eigenvalue weighted by Crippen LogP contribution is -2.11. The van der Waals surface area contributed by atoms with E-state index in [1.807, 2.05) is 0 Å². The Morgan fingerprint density at radius 2 is 1.80 bits per heavy atom. The van der Waals surface area contributed by atoms with Crippen LogP contribution in [0.25, 0.3) is 5.69 Å². The van der Waals surface area contributed by atoms with Gasteiger partial charge in [0.2, 0.25) is 0 Å². The molecule has 0 saturated heterocycles. The molecule has 30 heavy (non-hydrogen) atoms. The van der Waals surface area contributed by atoms with Crippen LogP contribution in [0.5, 0.6) is 0 Å². The van der Waals surface area contributed by atoms with Gasteiger partial charge < -0.3 is 10.8 Å². The zero-order chi connectivity index (χ0) is 22.6. The molecular formula is C20H18ClF4N3O2. The summed E-state index contributed by atoms with van der Waals surface area (Å²) in [6, 6.07) is 9.26. The Hall–Kier alpha value is -2.91. The van der Waals surface area contributed by atoms with Gasteiger partial charge in [0.1, 0.15) is 11.4 Å². The minimum absolute atomic E-state index is 0.204. The van der Waals surface area contributed by atoms with E-state index in [9.17, 15) is 22.4 Å². The number of rotatable bonds is 3. The maximum Gasteiger partial charge on any atom is 0.419 e. The van der Waals surface area contributed by atoms with Crippen molar-refractivity contribution < 1.29 is 27.5 Å². The molecule has 1 atom stereocenters. The summed E-state index contributed by atoms with van der Waals surface area (Å²) in [7, 11) is 0. The Morgan fingerprint density at radius 1 is 1.20 bits per heavy atom. The summed E-state index contributed by atoms with van der Waals surface area (Å²) in [5.41, 5.74) is 5.96. The predicted molar refractivity (Wildman–Crippen MR) is 104 cm³/mol. The fourth-order valence-electron chi connectivity index (χ4n) is 2.51. The first-order chi connectivity index (χ1) is 13.9. The molecule has 0 aliphatic heterocycles. The molecule has 0 radical (unpaired) electrons. The molecule has 0 bridgehead atoms. The maximum atomic E-state index is 12.8. The summed E-state index contributed by atoms with van der Waals surface area (Å²) in [5.74, 6) is -2.25. The van der Waals surface area contributed by atoms with Crippen LogP contribution in [0.15, 0.2) is 48.7 Å². The molecule has 0 saturated carbocycles. The normalized spacial score (nSPS) is 12.1. The van der Waals surface area contributed by atoms with Crippen molar-refractivity contribution in [3.63, 3.8) is 0 Å². The van der Waals surface area contributed by atoms with Gasteiger partial charge in [-0.05, 0) is 55.8 Å². The van der Waals surface area contributed by atoms with Gasteiger partial charge in [-0.15, -0.1) is 0 Å². The first kappa shape index (κ1) is 23.4. The summed E-state index contributed by atoms with van der Waals surface area (Å²) >= 11 is 5.77. The first-order valence-electron chi connectivity index (χ1n) is 8.58. The number of halogens is 5. The molecule has 0 aliphatic carbocycles. The van der Waals surface area contributed by atoms with E-state index in [4.69, 9.17) is 22.4 Å². The summed E-state index contributed by atoms with van der Waals surface area (Å²) in [4.78, 5) is 10.8. The van der Waals surface area contributed by atoms with Gasteiger partial charge in [-0.25, -0.2) is 13.9 Å². The summed E-state index contributed by atoms with van der Waals surface area (Å²) < 4.78 is 51.0. The van der Waals surface area contributed by atoms with Crippen LogP contribution < -0.4 is 5.73 Å². The van der Waals surface area contributed by atoms with Gasteiger partial charge in [0.25, 0.3) is 0 Å². The van der Waals surface area contributed by atoms with E-state index >= 15 is 0 Å². The fourth-order valence-corrected chi connectivity index (χ4v) is 2.63. The summed E-state index contributed by atoms with van der Waals surface area (Å²) in [6.45, 7) is 3.25. The van der Waals surface area contributed by atoms with Crippen LogP contribution in [0.3, 0.4) is 0 Å². The molecule has 5 nitrogen and oxygen atoms in total. The first-order valence-corrected chi connectivity index (χ1v) is 8.95. The molecule has 3 rings (SSSR count). The third-order valence-electron chi connectivity index (χ3n) is 4.13. The Labute approximate surface area is 174 Å². The third kappa shape index (κ3) is 5.58. The lowest BCUT2D eigenvalue weighted by molar-refractivity contribution is -0.140.